The van der Waals surface area contributed by atoms with Crippen LogP contribution in [0.4, 0.5) is 5.69 Å². The Balaban J connectivity index is 2.10. The number of rotatable bonds is 4. The lowest BCUT2D eigenvalue weighted by molar-refractivity contribution is 0.0171. The summed E-state index contributed by atoms with van der Waals surface area (Å²) in [7, 11) is 1.78. The molecule has 1 aromatic rings. The summed E-state index contributed by atoms with van der Waals surface area (Å²) >= 11 is 0. The second kappa shape index (κ2) is 5.29. The number of benzene rings is 1. The van der Waals surface area contributed by atoms with Crippen molar-refractivity contribution < 1.29 is 4.74 Å². The second-order valence-electron chi connectivity index (χ2n) is 5.65. The molecule has 0 bridgehead atoms. The van der Waals surface area contributed by atoms with Crippen LogP contribution in [-0.4, -0.2) is 25.8 Å². The Kier molecular flexibility index (Phi) is 3.93. The van der Waals surface area contributed by atoms with Gasteiger partial charge in [0.05, 0.1) is 5.60 Å². The van der Waals surface area contributed by atoms with Crippen LogP contribution in [-0.2, 0) is 4.74 Å². The fourth-order valence-electron chi connectivity index (χ4n) is 2.40. The number of ether oxygens (including phenoxy) is 1. The molecule has 0 saturated carbocycles. The van der Waals surface area contributed by atoms with E-state index in [9.17, 15) is 0 Å². The lowest BCUT2D eigenvalue weighted by atomic mass is 9.96. The molecule has 2 rings (SSSR count). The molecule has 3 nitrogen and oxygen atoms in total. The van der Waals surface area contributed by atoms with E-state index in [1.54, 1.807) is 7.11 Å². The third kappa shape index (κ3) is 2.85. The van der Waals surface area contributed by atoms with Gasteiger partial charge in [0.15, 0.2) is 0 Å². The summed E-state index contributed by atoms with van der Waals surface area (Å²) in [6.07, 6.45) is 2.05. The highest BCUT2D eigenvalue weighted by atomic mass is 16.5. The second-order valence-corrected chi connectivity index (χ2v) is 5.65. The molecule has 0 fully saturated rings. The first-order valence-corrected chi connectivity index (χ1v) is 6.68. The Morgan fingerprint density at radius 2 is 2.11 bits per heavy atom. The van der Waals surface area contributed by atoms with Crippen LogP contribution < -0.4 is 10.6 Å². The first kappa shape index (κ1) is 13.4. The number of para-hydroxylation sites is 1. The molecule has 1 atom stereocenters. The van der Waals surface area contributed by atoms with Gasteiger partial charge in [-0.05, 0) is 38.3 Å². The molecule has 1 unspecified atom stereocenters. The number of anilines is 1. The molecule has 18 heavy (non-hydrogen) atoms. The number of fused-ring (bicyclic) bond motifs is 1. The summed E-state index contributed by atoms with van der Waals surface area (Å²) in [5.74, 6) is 0. The SMILES string of the molecule is COC(C)(C)CCN1CCC(N)c2ccccc21. The topological polar surface area (TPSA) is 38.5 Å². The number of nitrogens with zero attached hydrogens (tertiary/aromatic N) is 1. The normalized spacial score (nSPS) is 19.8. The summed E-state index contributed by atoms with van der Waals surface area (Å²) in [6.45, 7) is 6.33. The smallest absolute Gasteiger partial charge is 0.0639 e. The van der Waals surface area contributed by atoms with E-state index >= 15 is 0 Å². The summed E-state index contributed by atoms with van der Waals surface area (Å²) in [4.78, 5) is 2.43. The standard InChI is InChI=1S/C15H24N2O/c1-15(2,18-3)9-11-17-10-8-13(16)12-6-4-5-7-14(12)17/h4-7,13H,8-11,16H2,1-3H3. The molecule has 0 spiro atoms. The van der Waals surface area contributed by atoms with Gasteiger partial charge in [-0.2, -0.15) is 0 Å². The van der Waals surface area contributed by atoms with Crippen LogP contribution in [0, 0.1) is 0 Å². The molecule has 1 aliphatic heterocycles. The maximum Gasteiger partial charge on any atom is 0.0639 e. The molecular weight excluding hydrogens is 224 g/mol. The summed E-state index contributed by atoms with van der Waals surface area (Å²) in [5.41, 5.74) is 8.68. The van der Waals surface area contributed by atoms with E-state index in [1.165, 1.54) is 11.3 Å². The maximum absolute atomic E-state index is 6.17. The average Bonchev–Trinajstić information content (AvgIpc) is 2.38. The van der Waals surface area contributed by atoms with Gasteiger partial charge in [0.2, 0.25) is 0 Å². The van der Waals surface area contributed by atoms with Crippen molar-refractivity contribution in [3.8, 4) is 0 Å². The van der Waals surface area contributed by atoms with E-state index in [-0.39, 0.29) is 11.6 Å². The highest BCUT2D eigenvalue weighted by Crippen LogP contribution is 2.32. The van der Waals surface area contributed by atoms with Gasteiger partial charge >= 0.3 is 0 Å². The Labute approximate surface area is 110 Å². The molecule has 3 heteroatoms. The Morgan fingerprint density at radius 3 is 2.83 bits per heavy atom. The molecule has 1 aliphatic rings. The largest absolute Gasteiger partial charge is 0.379 e. The minimum atomic E-state index is -0.0610. The van der Waals surface area contributed by atoms with Crippen LogP contribution in [0.5, 0.6) is 0 Å². The Bertz CT molecular complexity index is 403. The predicted octanol–water partition coefficient (Wildman–Crippen LogP) is 2.71. The minimum Gasteiger partial charge on any atom is -0.379 e. The zero-order chi connectivity index (χ0) is 13.2. The molecule has 0 amide bonds. The highest BCUT2D eigenvalue weighted by molar-refractivity contribution is 5.56. The fraction of sp³-hybridized carbons (Fsp3) is 0.600. The monoisotopic (exact) mass is 248 g/mol. The van der Waals surface area contributed by atoms with E-state index in [0.717, 1.165) is 25.9 Å². The molecule has 0 radical (unpaired) electrons. The summed E-state index contributed by atoms with van der Waals surface area (Å²) in [5, 5.41) is 0. The molecular formula is C15H24N2O. The molecule has 0 aliphatic carbocycles. The van der Waals surface area contributed by atoms with E-state index in [4.69, 9.17) is 10.5 Å². The fourth-order valence-corrected chi connectivity index (χ4v) is 2.40. The van der Waals surface area contributed by atoms with Crippen molar-refractivity contribution in [1.82, 2.24) is 0 Å². The van der Waals surface area contributed by atoms with E-state index in [1.807, 2.05) is 0 Å². The Morgan fingerprint density at radius 1 is 1.39 bits per heavy atom. The van der Waals surface area contributed by atoms with Crippen LogP contribution in [0.15, 0.2) is 24.3 Å². The lowest BCUT2D eigenvalue weighted by Crippen LogP contribution is -2.37. The zero-order valence-corrected chi connectivity index (χ0v) is 11.6. The number of hydrogen-bond acceptors (Lipinski definition) is 3. The van der Waals surface area contributed by atoms with Gasteiger partial charge < -0.3 is 15.4 Å². The van der Waals surface area contributed by atoms with Gasteiger partial charge in [0, 0.05) is 31.9 Å². The molecule has 100 valence electrons. The molecule has 1 aromatic carbocycles. The highest BCUT2D eigenvalue weighted by Gasteiger charge is 2.24. The van der Waals surface area contributed by atoms with Crippen LogP contribution in [0.25, 0.3) is 0 Å². The molecule has 0 aromatic heterocycles. The van der Waals surface area contributed by atoms with Gasteiger partial charge in [-0.25, -0.2) is 0 Å². The number of nitrogens with two attached hydrogens (primary N) is 1. The first-order chi connectivity index (χ1) is 8.53. The summed E-state index contributed by atoms with van der Waals surface area (Å²) in [6, 6.07) is 8.67. The minimum absolute atomic E-state index is 0.0610. The maximum atomic E-state index is 6.17. The van der Waals surface area contributed by atoms with Gasteiger partial charge in [-0.1, -0.05) is 18.2 Å². The van der Waals surface area contributed by atoms with Crippen LogP contribution in [0.1, 0.15) is 38.3 Å². The van der Waals surface area contributed by atoms with Crippen LogP contribution in [0.3, 0.4) is 0 Å². The van der Waals surface area contributed by atoms with Gasteiger partial charge in [0.1, 0.15) is 0 Å². The summed E-state index contributed by atoms with van der Waals surface area (Å²) < 4.78 is 5.49. The Hall–Kier alpha value is -1.06. The third-order valence-corrected chi connectivity index (χ3v) is 3.92. The van der Waals surface area contributed by atoms with Crippen molar-refractivity contribution >= 4 is 5.69 Å². The van der Waals surface area contributed by atoms with Crippen LogP contribution >= 0.6 is 0 Å². The van der Waals surface area contributed by atoms with Crippen molar-refractivity contribution in [1.29, 1.82) is 0 Å². The zero-order valence-electron chi connectivity index (χ0n) is 11.6. The van der Waals surface area contributed by atoms with Crippen LogP contribution in [0.2, 0.25) is 0 Å². The lowest BCUT2D eigenvalue weighted by Gasteiger charge is -2.36. The van der Waals surface area contributed by atoms with E-state index in [0.29, 0.717) is 0 Å². The molecule has 0 saturated heterocycles. The van der Waals surface area contributed by atoms with Crippen molar-refractivity contribution in [3.05, 3.63) is 29.8 Å². The average molecular weight is 248 g/mol. The quantitative estimate of drug-likeness (QED) is 0.890. The van der Waals surface area contributed by atoms with Crippen molar-refractivity contribution in [2.45, 2.75) is 38.3 Å². The molecule has 2 N–H and O–H groups in total. The first-order valence-electron chi connectivity index (χ1n) is 6.68. The third-order valence-electron chi connectivity index (χ3n) is 3.92. The van der Waals surface area contributed by atoms with Gasteiger partial charge in [0.25, 0.3) is 0 Å². The van der Waals surface area contributed by atoms with Crippen molar-refractivity contribution in [3.63, 3.8) is 0 Å². The van der Waals surface area contributed by atoms with Gasteiger partial charge in [-0.15, -0.1) is 0 Å². The van der Waals surface area contributed by atoms with E-state index in [2.05, 4.69) is 43.0 Å². The van der Waals surface area contributed by atoms with Crippen molar-refractivity contribution in [2.24, 2.45) is 5.73 Å². The van der Waals surface area contributed by atoms with Crippen molar-refractivity contribution in [2.75, 3.05) is 25.1 Å². The number of hydrogen-bond donors (Lipinski definition) is 1. The predicted molar refractivity (Wildman–Crippen MR) is 75.9 cm³/mol. The number of methoxy groups -OCH3 is 1. The molecule has 1 heterocycles. The van der Waals surface area contributed by atoms with E-state index < -0.39 is 0 Å². The van der Waals surface area contributed by atoms with Gasteiger partial charge in [-0.3, -0.25) is 0 Å².